The van der Waals surface area contributed by atoms with Crippen molar-refractivity contribution in [2.24, 2.45) is 0 Å². The minimum absolute atomic E-state index is 0.00193. The number of benzene rings is 1. The van der Waals surface area contributed by atoms with Crippen molar-refractivity contribution in [2.45, 2.75) is 45.4 Å². The first-order valence-corrected chi connectivity index (χ1v) is 6.88. The van der Waals surface area contributed by atoms with Crippen LogP contribution in [0.2, 0.25) is 0 Å². The summed E-state index contributed by atoms with van der Waals surface area (Å²) in [4.78, 5) is 33.6. The van der Waals surface area contributed by atoms with Crippen molar-refractivity contribution in [3.05, 3.63) is 35.4 Å². The van der Waals surface area contributed by atoms with Gasteiger partial charge in [-0.15, -0.1) is 0 Å². The second kappa shape index (κ2) is 8.25. The zero-order valence-electron chi connectivity index (χ0n) is 11.7. The summed E-state index contributed by atoms with van der Waals surface area (Å²) in [6, 6.07) is 7.44. The molecule has 0 heterocycles. The van der Waals surface area contributed by atoms with Gasteiger partial charge in [0.2, 0.25) is 0 Å². The van der Waals surface area contributed by atoms with Crippen molar-refractivity contribution in [3.63, 3.8) is 0 Å². The van der Waals surface area contributed by atoms with Crippen molar-refractivity contribution >= 4 is 17.5 Å². The van der Waals surface area contributed by atoms with Crippen molar-refractivity contribution < 1.29 is 19.5 Å². The van der Waals surface area contributed by atoms with Gasteiger partial charge in [-0.25, -0.2) is 0 Å². The molecule has 1 N–H and O–H groups in total. The smallest absolute Gasteiger partial charge is 0.303 e. The average molecular weight is 276 g/mol. The molecule has 0 fully saturated rings. The molecule has 1 rings (SSSR count). The molecule has 0 bridgehead atoms. The van der Waals surface area contributed by atoms with Gasteiger partial charge in [0.25, 0.3) is 0 Å². The maximum absolute atomic E-state index is 11.9. The third-order valence-electron chi connectivity index (χ3n) is 3.06. The maximum atomic E-state index is 11.9. The van der Waals surface area contributed by atoms with Gasteiger partial charge in [0, 0.05) is 24.8 Å². The molecule has 0 saturated carbocycles. The Bertz CT molecular complexity index is 474. The second-order valence-electron chi connectivity index (χ2n) is 4.80. The molecule has 0 aliphatic carbocycles. The second-order valence-corrected chi connectivity index (χ2v) is 4.80. The van der Waals surface area contributed by atoms with Crippen molar-refractivity contribution in [2.75, 3.05) is 0 Å². The first kappa shape index (κ1) is 16.1. The van der Waals surface area contributed by atoms with Crippen LogP contribution in [0.3, 0.4) is 0 Å². The van der Waals surface area contributed by atoms with Crippen molar-refractivity contribution in [3.8, 4) is 0 Å². The Morgan fingerprint density at radius 1 is 0.950 bits per heavy atom. The molecule has 0 aliphatic heterocycles. The maximum Gasteiger partial charge on any atom is 0.303 e. The van der Waals surface area contributed by atoms with E-state index in [-0.39, 0.29) is 37.2 Å². The van der Waals surface area contributed by atoms with Crippen LogP contribution in [0.4, 0.5) is 0 Å². The minimum atomic E-state index is -0.990. The summed E-state index contributed by atoms with van der Waals surface area (Å²) in [6.45, 7) is 2.10. The molecule has 20 heavy (non-hydrogen) atoms. The number of carboxylic acids is 1. The SMILES string of the molecule is CCCc1ccc(C(=O)CCC(=O)CCC(=O)O)cc1. The van der Waals surface area contributed by atoms with E-state index in [9.17, 15) is 14.4 Å². The lowest BCUT2D eigenvalue weighted by Gasteiger charge is -2.03. The van der Waals surface area contributed by atoms with Crippen LogP contribution >= 0.6 is 0 Å². The van der Waals surface area contributed by atoms with Gasteiger partial charge >= 0.3 is 5.97 Å². The van der Waals surface area contributed by atoms with E-state index in [1.807, 2.05) is 12.1 Å². The first-order chi connectivity index (χ1) is 9.52. The summed E-state index contributed by atoms with van der Waals surface area (Å²) in [5.41, 5.74) is 1.80. The molecule has 0 atom stereocenters. The van der Waals surface area contributed by atoms with Crippen LogP contribution in [-0.2, 0) is 16.0 Å². The van der Waals surface area contributed by atoms with E-state index >= 15 is 0 Å². The highest BCUT2D eigenvalue weighted by atomic mass is 16.4. The zero-order chi connectivity index (χ0) is 15.0. The summed E-state index contributed by atoms with van der Waals surface area (Å²) < 4.78 is 0. The summed E-state index contributed by atoms with van der Waals surface area (Å²) >= 11 is 0. The number of carbonyl (C=O) groups excluding carboxylic acids is 2. The van der Waals surface area contributed by atoms with E-state index in [1.165, 1.54) is 5.56 Å². The molecule has 108 valence electrons. The lowest BCUT2D eigenvalue weighted by Crippen LogP contribution is -2.07. The molecular weight excluding hydrogens is 256 g/mol. The number of hydrogen-bond acceptors (Lipinski definition) is 3. The van der Waals surface area contributed by atoms with Gasteiger partial charge in [0.15, 0.2) is 5.78 Å². The average Bonchev–Trinajstić information content (AvgIpc) is 2.43. The molecule has 1 aromatic carbocycles. The number of hydrogen-bond donors (Lipinski definition) is 1. The van der Waals surface area contributed by atoms with Gasteiger partial charge in [0.05, 0.1) is 6.42 Å². The van der Waals surface area contributed by atoms with Crippen LogP contribution in [0.1, 0.15) is 54.9 Å². The molecule has 0 radical (unpaired) electrons. The molecular formula is C16H20O4. The molecule has 4 nitrogen and oxygen atoms in total. The Balaban J connectivity index is 2.42. The topological polar surface area (TPSA) is 71.4 Å². The predicted molar refractivity (Wildman–Crippen MR) is 75.9 cm³/mol. The Kier molecular flexibility index (Phi) is 6.64. The van der Waals surface area contributed by atoms with E-state index in [0.29, 0.717) is 5.56 Å². The third kappa shape index (κ3) is 5.78. The quantitative estimate of drug-likeness (QED) is 0.704. The molecule has 0 unspecified atom stereocenters. The van der Waals surface area contributed by atoms with Gasteiger partial charge in [-0.3, -0.25) is 14.4 Å². The molecule has 4 heteroatoms. The van der Waals surface area contributed by atoms with Crippen LogP contribution in [-0.4, -0.2) is 22.6 Å². The van der Waals surface area contributed by atoms with Gasteiger partial charge in [0.1, 0.15) is 5.78 Å². The minimum Gasteiger partial charge on any atom is -0.481 e. The Morgan fingerprint density at radius 3 is 2.10 bits per heavy atom. The van der Waals surface area contributed by atoms with Crippen molar-refractivity contribution in [1.82, 2.24) is 0 Å². The molecule has 0 saturated heterocycles. The number of rotatable bonds is 9. The third-order valence-corrected chi connectivity index (χ3v) is 3.06. The summed E-state index contributed by atoms with van der Waals surface area (Å²) in [5, 5.41) is 8.47. The van der Waals surface area contributed by atoms with Crippen LogP contribution in [0, 0.1) is 0 Å². The molecule has 0 amide bonds. The summed E-state index contributed by atoms with van der Waals surface area (Å²) in [6.07, 6.45) is 2.14. The summed E-state index contributed by atoms with van der Waals surface area (Å²) in [5.74, 6) is -1.24. The van der Waals surface area contributed by atoms with Crippen LogP contribution in [0.5, 0.6) is 0 Å². The number of ketones is 2. The normalized spacial score (nSPS) is 10.2. The summed E-state index contributed by atoms with van der Waals surface area (Å²) in [7, 11) is 0. The van der Waals surface area contributed by atoms with E-state index in [0.717, 1.165) is 12.8 Å². The fraction of sp³-hybridized carbons (Fsp3) is 0.438. The number of carboxylic acid groups (broad SMARTS) is 1. The first-order valence-electron chi connectivity index (χ1n) is 6.88. The number of aliphatic carboxylic acids is 1. The van der Waals surface area contributed by atoms with Gasteiger partial charge in [-0.1, -0.05) is 37.6 Å². The highest BCUT2D eigenvalue weighted by molar-refractivity contribution is 5.98. The fourth-order valence-electron chi connectivity index (χ4n) is 1.91. The van der Waals surface area contributed by atoms with Crippen molar-refractivity contribution in [1.29, 1.82) is 0 Å². The lowest BCUT2D eigenvalue weighted by molar-refractivity contribution is -0.138. The van der Waals surface area contributed by atoms with Gasteiger partial charge in [-0.05, 0) is 12.0 Å². The van der Waals surface area contributed by atoms with E-state index in [2.05, 4.69) is 6.92 Å². The van der Waals surface area contributed by atoms with Crippen LogP contribution in [0.15, 0.2) is 24.3 Å². The number of aryl methyl sites for hydroxylation is 1. The highest BCUT2D eigenvalue weighted by Gasteiger charge is 2.10. The number of carbonyl (C=O) groups is 3. The highest BCUT2D eigenvalue weighted by Crippen LogP contribution is 2.10. The number of Topliss-reactive ketones (excluding diaryl/α,β-unsaturated/α-hetero) is 2. The lowest BCUT2D eigenvalue weighted by atomic mass is 10.0. The molecule has 0 aliphatic rings. The van der Waals surface area contributed by atoms with Crippen LogP contribution in [0.25, 0.3) is 0 Å². The standard InChI is InChI=1S/C16H20O4/c1-2-3-12-4-6-13(7-5-12)15(18)10-8-14(17)9-11-16(19)20/h4-7H,2-3,8-11H2,1H3,(H,19,20). The Hall–Kier alpha value is -1.97. The predicted octanol–water partition coefficient (Wildman–Crippen LogP) is 3.04. The van der Waals surface area contributed by atoms with Crippen LogP contribution < -0.4 is 0 Å². The van der Waals surface area contributed by atoms with Gasteiger partial charge in [-0.2, -0.15) is 0 Å². The Labute approximate surface area is 118 Å². The molecule has 1 aromatic rings. The van der Waals surface area contributed by atoms with E-state index < -0.39 is 5.97 Å². The Morgan fingerprint density at radius 2 is 1.55 bits per heavy atom. The van der Waals surface area contributed by atoms with E-state index in [4.69, 9.17) is 5.11 Å². The monoisotopic (exact) mass is 276 g/mol. The fourth-order valence-corrected chi connectivity index (χ4v) is 1.91. The van der Waals surface area contributed by atoms with E-state index in [1.54, 1.807) is 12.1 Å². The molecule has 0 aromatic heterocycles. The largest absolute Gasteiger partial charge is 0.481 e. The van der Waals surface area contributed by atoms with Gasteiger partial charge < -0.3 is 5.11 Å². The zero-order valence-corrected chi connectivity index (χ0v) is 11.7. The molecule has 0 spiro atoms.